The third kappa shape index (κ3) is 0.739. The standard InChI is InChI=1S/C8H7NO/c1-2-4-7-6-10-9-8(7)5-3-1/h1-6,9H. The second-order valence-electron chi connectivity index (χ2n) is 2.12. The van der Waals surface area contributed by atoms with Crippen molar-refractivity contribution in [1.82, 2.24) is 5.48 Å². The third-order valence-corrected chi connectivity index (χ3v) is 1.43. The van der Waals surface area contributed by atoms with Crippen molar-refractivity contribution in [2.24, 2.45) is 0 Å². The van der Waals surface area contributed by atoms with Gasteiger partial charge >= 0.3 is 0 Å². The molecule has 2 nitrogen and oxygen atoms in total. The summed E-state index contributed by atoms with van der Waals surface area (Å²) in [6.45, 7) is 0. The smallest absolute Gasteiger partial charge is 0.128 e. The molecule has 0 radical (unpaired) electrons. The summed E-state index contributed by atoms with van der Waals surface area (Å²) < 4.78 is 0. The van der Waals surface area contributed by atoms with Gasteiger partial charge in [0.15, 0.2) is 0 Å². The Morgan fingerprint density at radius 2 is 2.20 bits per heavy atom. The lowest BCUT2D eigenvalue weighted by Crippen LogP contribution is -2.02. The van der Waals surface area contributed by atoms with E-state index in [9.17, 15) is 0 Å². The lowest BCUT2D eigenvalue weighted by atomic mass is 10.2. The SMILES string of the molecule is C1=CC=C2NOC=C2C=C1. The maximum Gasteiger partial charge on any atom is 0.128 e. The first kappa shape index (κ1) is 5.35. The Morgan fingerprint density at radius 3 is 3.20 bits per heavy atom. The molecule has 2 aliphatic rings. The van der Waals surface area contributed by atoms with Crippen LogP contribution >= 0.6 is 0 Å². The van der Waals surface area contributed by atoms with E-state index in [1.807, 2.05) is 30.4 Å². The van der Waals surface area contributed by atoms with Crippen LogP contribution in [-0.4, -0.2) is 0 Å². The Morgan fingerprint density at radius 1 is 1.20 bits per heavy atom. The highest BCUT2D eigenvalue weighted by Gasteiger charge is 2.08. The van der Waals surface area contributed by atoms with Crippen LogP contribution in [0.1, 0.15) is 0 Å². The summed E-state index contributed by atoms with van der Waals surface area (Å²) in [5, 5.41) is 0. The molecule has 0 aromatic carbocycles. The summed E-state index contributed by atoms with van der Waals surface area (Å²) in [5.41, 5.74) is 4.87. The van der Waals surface area contributed by atoms with Crippen LogP contribution in [-0.2, 0) is 4.84 Å². The molecular formula is C8H7NO. The zero-order valence-corrected chi connectivity index (χ0v) is 5.37. The van der Waals surface area contributed by atoms with E-state index in [1.165, 1.54) is 0 Å². The minimum Gasteiger partial charge on any atom is -0.389 e. The Balaban J connectivity index is 2.42. The molecule has 0 saturated carbocycles. The fourth-order valence-corrected chi connectivity index (χ4v) is 0.913. The number of fused-ring (bicyclic) bond motifs is 1. The molecule has 50 valence electrons. The van der Waals surface area contributed by atoms with E-state index in [0.29, 0.717) is 0 Å². The summed E-state index contributed by atoms with van der Waals surface area (Å²) >= 11 is 0. The molecule has 2 heteroatoms. The molecule has 1 heterocycles. The van der Waals surface area contributed by atoms with Crippen LogP contribution in [0.25, 0.3) is 0 Å². The zero-order valence-electron chi connectivity index (χ0n) is 5.37. The number of hydrogen-bond acceptors (Lipinski definition) is 2. The highest BCUT2D eigenvalue weighted by atomic mass is 16.6. The van der Waals surface area contributed by atoms with Crippen LogP contribution in [0.4, 0.5) is 0 Å². The first-order valence-corrected chi connectivity index (χ1v) is 3.14. The van der Waals surface area contributed by atoms with Crippen LogP contribution in [0, 0.1) is 0 Å². The molecule has 0 saturated heterocycles. The van der Waals surface area contributed by atoms with Crippen molar-refractivity contribution in [1.29, 1.82) is 0 Å². The summed E-state index contributed by atoms with van der Waals surface area (Å²) in [7, 11) is 0. The molecule has 0 unspecified atom stereocenters. The lowest BCUT2D eigenvalue weighted by molar-refractivity contribution is 0.186. The summed E-state index contributed by atoms with van der Waals surface area (Å²) in [6.07, 6.45) is 11.6. The monoisotopic (exact) mass is 133 g/mol. The highest BCUT2D eigenvalue weighted by molar-refractivity contribution is 5.44. The number of rotatable bonds is 0. The Hall–Kier alpha value is -1.44. The lowest BCUT2D eigenvalue weighted by Gasteiger charge is -1.94. The van der Waals surface area contributed by atoms with Crippen molar-refractivity contribution in [3.63, 3.8) is 0 Å². The molecule has 1 aliphatic carbocycles. The molecule has 2 rings (SSSR count). The average molecular weight is 133 g/mol. The van der Waals surface area contributed by atoms with Gasteiger partial charge in [0.05, 0.1) is 5.70 Å². The maximum atomic E-state index is 4.88. The number of hydrogen-bond donors (Lipinski definition) is 1. The van der Waals surface area contributed by atoms with Gasteiger partial charge in [-0.05, 0) is 12.2 Å². The quantitative estimate of drug-likeness (QED) is 0.539. The van der Waals surface area contributed by atoms with E-state index < -0.39 is 0 Å². The first-order valence-electron chi connectivity index (χ1n) is 3.14. The van der Waals surface area contributed by atoms with Crippen LogP contribution in [0.15, 0.2) is 47.9 Å². The molecule has 0 atom stereocenters. The van der Waals surface area contributed by atoms with E-state index in [1.54, 1.807) is 6.26 Å². The summed E-state index contributed by atoms with van der Waals surface area (Å²) in [5.74, 6) is 0. The second kappa shape index (κ2) is 2.06. The predicted octanol–water partition coefficient (Wildman–Crippen LogP) is 1.41. The number of nitrogens with one attached hydrogen (secondary N) is 1. The Labute approximate surface area is 59.1 Å². The van der Waals surface area contributed by atoms with Crippen molar-refractivity contribution in [3.05, 3.63) is 47.9 Å². The van der Waals surface area contributed by atoms with Gasteiger partial charge in [0, 0.05) is 5.57 Å². The Kier molecular flexibility index (Phi) is 1.10. The van der Waals surface area contributed by atoms with Gasteiger partial charge < -0.3 is 4.84 Å². The molecule has 0 aromatic rings. The van der Waals surface area contributed by atoms with Gasteiger partial charge in [-0.3, -0.25) is 0 Å². The van der Waals surface area contributed by atoms with E-state index in [4.69, 9.17) is 4.84 Å². The summed E-state index contributed by atoms with van der Waals surface area (Å²) in [4.78, 5) is 4.88. The van der Waals surface area contributed by atoms with E-state index in [-0.39, 0.29) is 0 Å². The van der Waals surface area contributed by atoms with Gasteiger partial charge in [-0.25, -0.2) is 5.48 Å². The van der Waals surface area contributed by atoms with Crippen LogP contribution in [0.3, 0.4) is 0 Å². The molecule has 10 heavy (non-hydrogen) atoms. The molecule has 0 fully saturated rings. The van der Waals surface area contributed by atoms with Crippen molar-refractivity contribution in [3.8, 4) is 0 Å². The molecule has 0 aromatic heterocycles. The van der Waals surface area contributed by atoms with Gasteiger partial charge in [-0.15, -0.1) is 0 Å². The van der Waals surface area contributed by atoms with Crippen LogP contribution in [0.5, 0.6) is 0 Å². The summed E-state index contributed by atoms with van der Waals surface area (Å²) in [6, 6.07) is 0. The molecule has 0 amide bonds. The van der Waals surface area contributed by atoms with E-state index in [0.717, 1.165) is 11.3 Å². The largest absolute Gasteiger partial charge is 0.389 e. The minimum atomic E-state index is 1.02. The highest BCUT2D eigenvalue weighted by Crippen LogP contribution is 2.16. The van der Waals surface area contributed by atoms with Gasteiger partial charge in [0.25, 0.3) is 0 Å². The van der Waals surface area contributed by atoms with E-state index in [2.05, 4.69) is 5.48 Å². The predicted molar refractivity (Wildman–Crippen MR) is 38.7 cm³/mol. The van der Waals surface area contributed by atoms with Crippen LogP contribution < -0.4 is 5.48 Å². The van der Waals surface area contributed by atoms with E-state index >= 15 is 0 Å². The van der Waals surface area contributed by atoms with Crippen molar-refractivity contribution in [2.45, 2.75) is 0 Å². The van der Waals surface area contributed by atoms with Crippen molar-refractivity contribution >= 4 is 0 Å². The average Bonchev–Trinajstić information content (AvgIpc) is 2.28. The molecule has 1 N–H and O–H groups in total. The number of allylic oxidation sites excluding steroid dienone is 5. The zero-order chi connectivity index (χ0) is 6.81. The fraction of sp³-hybridized carbons (Fsp3) is 0. The number of hydroxylamine groups is 1. The first-order chi connectivity index (χ1) is 4.97. The fourth-order valence-electron chi connectivity index (χ4n) is 0.913. The van der Waals surface area contributed by atoms with Gasteiger partial charge in [-0.1, -0.05) is 18.2 Å². The minimum absolute atomic E-state index is 1.02. The van der Waals surface area contributed by atoms with Gasteiger partial charge in [0.2, 0.25) is 0 Å². The van der Waals surface area contributed by atoms with Gasteiger partial charge in [0.1, 0.15) is 6.26 Å². The molecule has 1 aliphatic heterocycles. The van der Waals surface area contributed by atoms with Gasteiger partial charge in [-0.2, -0.15) is 0 Å². The third-order valence-electron chi connectivity index (χ3n) is 1.43. The molecule has 0 bridgehead atoms. The molecular weight excluding hydrogens is 126 g/mol. The van der Waals surface area contributed by atoms with Crippen LogP contribution in [0.2, 0.25) is 0 Å². The molecule has 0 spiro atoms. The van der Waals surface area contributed by atoms with Crippen molar-refractivity contribution < 1.29 is 4.84 Å². The normalized spacial score (nSPS) is 20.0. The maximum absolute atomic E-state index is 4.88. The topological polar surface area (TPSA) is 21.3 Å². The Bertz CT molecular complexity index is 258. The second-order valence-corrected chi connectivity index (χ2v) is 2.12. The van der Waals surface area contributed by atoms with Crippen molar-refractivity contribution in [2.75, 3.05) is 0 Å².